The van der Waals surface area contributed by atoms with Gasteiger partial charge in [0.1, 0.15) is 0 Å². The molecule has 0 amide bonds. The van der Waals surface area contributed by atoms with Crippen molar-refractivity contribution >= 4 is 27.6 Å². The normalized spacial score (nSPS) is 14.2. The maximum atomic E-state index is 11.3. The number of hydrogen-bond acceptors (Lipinski definition) is 4. The van der Waals surface area contributed by atoms with E-state index in [4.69, 9.17) is 0 Å². The molecule has 0 bridgehead atoms. The Morgan fingerprint density at radius 2 is 2.00 bits per heavy atom. The maximum absolute atomic E-state index is 11.3. The molecule has 5 heteroatoms. The van der Waals surface area contributed by atoms with Crippen LogP contribution in [0.5, 0.6) is 0 Å². The first-order chi connectivity index (χ1) is 5.40. The second kappa shape index (κ2) is 4.77. The van der Waals surface area contributed by atoms with Crippen molar-refractivity contribution in [1.29, 1.82) is 0 Å². The van der Waals surface area contributed by atoms with Gasteiger partial charge in [0.2, 0.25) is 0 Å². The van der Waals surface area contributed by atoms with Crippen LogP contribution in [0.2, 0.25) is 0 Å². The summed E-state index contributed by atoms with van der Waals surface area (Å²) in [7, 11) is -3.09. The fourth-order valence-corrected chi connectivity index (χ4v) is 2.29. The van der Waals surface area contributed by atoms with Gasteiger partial charge in [0.05, 0.1) is 11.0 Å². The highest BCUT2D eigenvalue weighted by Gasteiger charge is 2.17. The lowest BCUT2D eigenvalue weighted by atomic mass is 10.4. The topological polar surface area (TPSA) is 51.2 Å². The van der Waals surface area contributed by atoms with Gasteiger partial charge in [0.25, 0.3) is 0 Å². The van der Waals surface area contributed by atoms with E-state index in [1.165, 1.54) is 0 Å². The summed E-state index contributed by atoms with van der Waals surface area (Å²) in [5.74, 6) is -0.107. The van der Waals surface area contributed by atoms with E-state index in [2.05, 4.69) is 12.6 Å². The van der Waals surface area contributed by atoms with Gasteiger partial charge < -0.3 is 17.4 Å². The summed E-state index contributed by atoms with van der Waals surface area (Å²) in [6.07, 6.45) is 0.538. The fraction of sp³-hybridized carbons (Fsp3) is 0.857. The molecule has 0 spiro atoms. The van der Waals surface area contributed by atoms with Crippen LogP contribution >= 0.6 is 0 Å². The minimum absolute atomic E-state index is 0.0397. The number of sulfone groups is 1. The molecule has 0 aliphatic rings. The zero-order valence-electron chi connectivity index (χ0n) is 7.24. The van der Waals surface area contributed by atoms with Crippen molar-refractivity contribution in [3.8, 4) is 0 Å². The molecule has 12 heavy (non-hydrogen) atoms. The first-order valence-corrected chi connectivity index (χ1v) is 5.94. The molecule has 0 aliphatic carbocycles. The van der Waals surface area contributed by atoms with E-state index < -0.39 is 15.0 Å². The molecule has 72 valence electrons. The molecule has 3 nitrogen and oxygen atoms in total. The molecule has 1 unspecified atom stereocenters. The maximum Gasteiger partial charge on any atom is 0.153 e. The third-order valence-corrected chi connectivity index (χ3v) is 4.32. The molecule has 0 saturated heterocycles. The third-order valence-electron chi connectivity index (χ3n) is 1.78. The Hall–Kier alpha value is -0.160. The molecule has 1 atom stereocenters. The van der Waals surface area contributed by atoms with Crippen molar-refractivity contribution in [2.75, 3.05) is 5.75 Å². The fourth-order valence-electron chi connectivity index (χ4n) is 0.681. The van der Waals surface area contributed by atoms with Crippen molar-refractivity contribution in [3.63, 3.8) is 0 Å². The average Bonchev–Trinajstić information content (AvgIpc) is 1.99. The third kappa shape index (κ3) is 4.01. The highest BCUT2D eigenvalue weighted by Crippen LogP contribution is 2.07. The summed E-state index contributed by atoms with van der Waals surface area (Å²) in [6.45, 7) is 3.45. The molecule has 0 N–H and O–H groups in total. The monoisotopic (exact) mass is 209 g/mol. The Bertz CT molecular complexity index is 243. The van der Waals surface area contributed by atoms with Gasteiger partial charge in [-0.3, -0.25) is 0 Å². The molecule has 0 rings (SSSR count). The SMILES string of the molecule is CCC(C)S(=O)(=O)CCC(=O)[S-]. The largest absolute Gasteiger partial charge is 0.742 e. The van der Waals surface area contributed by atoms with E-state index in [9.17, 15) is 13.2 Å². The average molecular weight is 209 g/mol. The second-order valence-electron chi connectivity index (χ2n) is 2.71. The van der Waals surface area contributed by atoms with Gasteiger partial charge in [0, 0.05) is 5.12 Å². The Labute approximate surface area is 78.9 Å². The summed E-state index contributed by atoms with van der Waals surface area (Å²) < 4.78 is 22.5. The highest BCUT2D eigenvalue weighted by atomic mass is 32.2. The lowest BCUT2D eigenvalue weighted by Crippen LogP contribution is -2.21. The van der Waals surface area contributed by atoms with Gasteiger partial charge in [-0.2, -0.15) is 0 Å². The van der Waals surface area contributed by atoms with Crippen molar-refractivity contribution in [2.45, 2.75) is 31.9 Å². The molecular weight excluding hydrogens is 196 g/mol. The van der Waals surface area contributed by atoms with Crippen LogP contribution in [-0.4, -0.2) is 24.5 Å². The number of hydrogen-bond donors (Lipinski definition) is 0. The minimum atomic E-state index is -3.09. The minimum Gasteiger partial charge on any atom is -0.742 e. The van der Waals surface area contributed by atoms with Gasteiger partial charge >= 0.3 is 0 Å². The van der Waals surface area contributed by atoms with Crippen molar-refractivity contribution in [2.24, 2.45) is 0 Å². The number of carbonyl (C=O) groups excluding carboxylic acids is 1. The lowest BCUT2D eigenvalue weighted by Gasteiger charge is -2.10. The van der Waals surface area contributed by atoms with Gasteiger partial charge in [-0.25, -0.2) is 8.42 Å². The van der Waals surface area contributed by atoms with E-state index in [0.29, 0.717) is 6.42 Å². The predicted octanol–water partition coefficient (Wildman–Crippen LogP) is 0.663. The lowest BCUT2D eigenvalue weighted by molar-refractivity contribution is -0.110. The second-order valence-corrected chi connectivity index (χ2v) is 5.70. The van der Waals surface area contributed by atoms with E-state index in [-0.39, 0.29) is 17.4 Å². The Kier molecular flexibility index (Phi) is 4.70. The quantitative estimate of drug-likeness (QED) is 0.624. The molecular formula is C7H13O3S2-. The summed E-state index contributed by atoms with van der Waals surface area (Å²) in [4.78, 5) is 10.4. The van der Waals surface area contributed by atoms with Crippen LogP contribution < -0.4 is 0 Å². The zero-order valence-corrected chi connectivity index (χ0v) is 8.87. The van der Waals surface area contributed by atoms with Crippen LogP contribution in [0.4, 0.5) is 0 Å². The molecule has 0 heterocycles. The van der Waals surface area contributed by atoms with E-state index in [1.807, 2.05) is 0 Å². The molecule has 0 saturated carbocycles. The van der Waals surface area contributed by atoms with Crippen molar-refractivity contribution in [1.82, 2.24) is 0 Å². The zero-order chi connectivity index (χ0) is 9.78. The Morgan fingerprint density at radius 3 is 2.33 bits per heavy atom. The van der Waals surface area contributed by atoms with Gasteiger partial charge in [-0.15, -0.1) is 0 Å². The molecule has 0 aromatic rings. The van der Waals surface area contributed by atoms with Gasteiger partial charge in [0.15, 0.2) is 9.84 Å². The van der Waals surface area contributed by atoms with E-state index >= 15 is 0 Å². The smallest absolute Gasteiger partial charge is 0.153 e. The van der Waals surface area contributed by atoms with Crippen LogP contribution in [0.1, 0.15) is 26.7 Å². The van der Waals surface area contributed by atoms with Crippen molar-refractivity contribution < 1.29 is 13.2 Å². The molecule has 0 fully saturated rings. The van der Waals surface area contributed by atoms with E-state index in [0.717, 1.165) is 0 Å². The summed E-state index contributed by atoms with van der Waals surface area (Å²) in [5.41, 5.74) is 0. The molecule has 0 radical (unpaired) electrons. The van der Waals surface area contributed by atoms with Gasteiger partial charge in [-0.05, 0) is 19.8 Å². The standard InChI is InChI=1S/C7H14O3S2/c1-3-6(2)12(9,10)5-4-7(8)11/h6H,3-5H2,1-2H3,(H,8,11)/p-1. The van der Waals surface area contributed by atoms with Crippen LogP contribution in [0.3, 0.4) is 0 Å². The Balaban J connectivity index is 4.15. The van der Waals surface area contributed by atoms with Crippen LogP contribution in [0.25, 0.3) is 0 Å². The first-order valence-electron chi connectivity index (χ1n) is 3.81. The summed E-state index contributed by atoms with van der Waals surface area (Å²) in [6, 6.07) is 0. The molecule has 0 aromatic carbocycles. The van der Waals surface area contributed by atoms with Crippen molar-refractivity contribution in [3.05, 3.63) is 0 Å². The Morgan fingerprint density at radius 1 is 1.50 bits per heavy atom. The molecule has 0 aromatic heterocycles. The van der Waals surface area contributed by atoms with Crippen LogP contribution in [0.15, 0.2) is 0 Å². The van der Waals surface area contributed by atoms with Gasteiger partial charge in [-0.1, -0.05) is 6.92 Å². The first kappa shape index (κ1) is 11.8. The highest BCUT2D eigenvalue weighted by molar-refractivity contribution is 7.92. The van der Waals surface area contributed by atoms with Crippen LogP contribution in [0, 0.1) is 0 Å². The number of carbonyl (C=O) groups is 1. The van der Waals surface area contributed by atoms with E-state index in [1.54, 1.807) is 13.8 Å². The summed E-state index contributed by atoms with van der Waals surface area (Å²) in [5, 5.41) is -0.853. The summed E-state index contributed by atoms with van der Waals surface area (Å²) >= 11 is 4.27. The molecule has 0 aliphatic heterocycles. The van der Waals surface area contributed by atoms with Crippen LogP contribution in [-0.2, 0) is 27.3 Å². The predicted molar refractivity (Wildman–Crippen MR) is 50.5 cm³/mol. The number of rotatable bonds is 5.